The molecule has 0 aliphatic carbocycles. The zero-order valence-electron chi connectivity index (χ0n) is 23.3. The molecule has 1 saturated heterocycles. The van der Waals surface area contributed by atoms with Crippen molar-refractivity contribution in [2.75, 3.05) is 37.0 Å². The van der Waals surface area contributed by atoms with Crippen LogP contribution in [-0.2, 0) is 4.74 Å². The Kier molecular flexibility index (Phi) is 8.41. The van der Waals surface area contributed by atoms with Gasteiger partial charge in [-0.1, -0.05) is 18.2 Å². The monoisotopic (exact) mass is 595 g/mol. The molecule has 224 valence electrons. The molecule has 10 nitrogen and oxygen atoms in total. The van der Waals surface area contributed by atoms with E-state index in [2.05, 4.69) is 10.1 Å². The van der Waals surface area contributed by atoms with E-state index in [0.29, 0.717) is 16.6 Å². The number of ketones is 1. The van der Waals surface area contributed by atoms with Crippen LogP contribution in [0.5, 0.6) is 11.5 Å². The number of para-hydroxylation sites is 1. The minimum atomic E-state index is -2.73. The fourth-order valence-electron chi connectivity index (χ4n) is 4.67. The average molecular weight is 596 g/mol. The summed E-state index contributed by atoms with van der Waals surface area (Å²) in [4.78, 5) is 30.0. The van der Waals surface area contributed by atoms with E-state index in [1.807, 2.05) is 6.92 Å². The summed E-state index contributed by atoms with van der Waals surface area (Å²) in [7, 11) is 0. The maximum absolute atomic E-state index is 13.9. The van der Waals surface area contributed by atoms with Gasteiger partial charge in [0.05, 0.1) is 35.4 Å². The number of fused-ring (bicyclic) bond motifs is 1. The highest BCUT2D eigenvalue weighted by Gasteiger charge is 2.28. The molecular weight excluding hydrogens is 567 g/mol. The lowest BCUT2D eigenvalue weighted by Crippen LogP contribution is -2.24. The van der Waals surface area contributed by atoms with Crippen molar-refractivity contribution in [1.82, 2.24) is 14.8 Å². The molecule has 0 atom stereocenters. The number of allylic oxidation sites excluding steroid dienone is 3. The molecule has 4 aromatic rings. The van der Waals surface area contributed by atoms with Crippen LogP contribution in [0.2, 0.25) is 0 Å². The number of H-pyrrole nitrogens is 1. The number of amides is 1. The molecule has 1 fully saturated rings. The first kappa shape index (κ1) is 29.3. The molecule has 3 N–H and O–H groups in total. The molecule has 0 unspecified atom stereocenters. The topological polar surface area (TPSA) is 125 Å². The number of alkyl halides is 2. The van der Waals surface area contributed by atoms with Crippen LogP contribution in [0.3, 0.4) is 0 Å². The van der Waals surface area contributed by atoms with Crippen molar-refractivity contribution < 1.29 is 37.0 Å². The summed E-state index contributed by atoms with van der Waals surface area (Å²) in [5.41, 5.74) is 8.68. The molecule has 2 aromatic heterocycles. The molecular formula is C30H28F3N5O5. The van der Waals surface area contributed by atoms with Gasteiger partial charge in [0.1, 0.15) is 31.4 Å². The summed E-state index contributed by atoms with van der Waals surface area (Å²) in [5.74, 6) is -0.671. The summed E-state index contributed by atoms with van der Waals surface area (Å²) >= 11 is 0. The third kappa shape index (κ3) is 6.05. The summed E-state index contributed by atoms with van der Waals surface area (Å²) in [6, 6.07) is 10.6. The molecule has 5 rings (SSSR count). The van der Waals surface area contributed by atoms with Gasteiger partial charge in [-0.05, 0) is 55.8 Å². The molecule has 0 radical (unpaired) electrons. The van der Waals surface area contributed by atoms with Crippen molar-refractivity contribution in [3.8, 4) is 11.5 Å². The second-order valence-electron chi connectivity index (χ2n) is 9.55. The molecule has 43 heavy (non-hydrogen) atoms. The number of cyclic esters (lactones) is 1. The zero-order valence-corrected chi connectivity index (χ0v) is 23.3. The Balaban J connectivity index is 1.40. The largest absolute Gasteiger partial charge is 0.486 e. The van der Waals surface area contributed by atoms with E-state index in [4.69, 9.17) is 19.9 Å². The fraction of sp³-hybridized carbons (Fsp3) is 0.233. The zero-order chi connectivity index (χ0) is 30.7. The van der Waals surface area contributed by atoms with Crippen molar-refractivity contribution in [3.63, 3.8) is 0 Å². The van der Waals surface area contributed by atoms with Gasteiger partial charge < -0.3 is 24.9 Å². The normalized spacial score (nSPS) is 14.1. The van der Waals surface area contributed by atoms with Crippen molar-refractivity contribution in [2.24, 2.45) is 0 Å². The number of nitrogens with one attached hydrogen (secondary N) is 1. The lowest BCUT2D eigenvalue weighted by molar-refractivity contribution is 0.0822. The van der Waals surface area contributed by atoms with Crippen LogP contribution in [0.15, 0.2) is 66.4 Å². The third-order valence-electron chi connectivity index (χ3n) is 6.78. The number of aromatic nitrogens is 3. The van der Waals surface area contributed by atoms with Crippen LogP contribution in [-0.4, -0.2) is 59.4 Å². The van der Waals surface area contributed by atoms with Crippen LogP contribution in [0.4, 0.5) is 29.5 Å². The van der Waals surface area contributed by atoms with E-state index in [9.17, 15) is 22.8 Å². The van der Waals surface area contributed by atoms with Crippen molar-refractivity contribution in [3.05, 3.63) is 83.5 Å². The highest BCUT2D eigenvalue weighted by atomic mass is 19.3. The summed E-state index contributed by atoms with van der Waals surface area (Å²) in [6.45, 7) is 3.17. The number of carbonyl (C=O) groups is 2. The van der Waals surface area contributed by atoms with Gasteiger partial charge in [0.2, 0.25) is 5.78 Å². The van der Waals surface area contributed by atoms with Crippen LogP contribution < -0.4 is 20.1 Å². The number of rotatable bonds is 11. The number of aromatic amines is 1. The van der Waals surface area contributed by atoms with E-state index >= 15 is 0 Å². The first-order valence-electron chi connectivity index (χ1n) is 13.3. The van der Waals surface area contributed by atoms with Crippen molar-refractivity contribution >= 4 is 40.0 Å². The van der Waals surface area contributed by atoms with Crippen molar-refractivity contribution in [1.29, 1.82) is 0 Å². The maximum Gasteiger partial charge on any atom is 0.414 e. The minimum absolute atomic E-state index is 0.0518. The van der Waals surface area contributed by atoms with Crippen LogP contribution in [0.1, 0.15) is 29.9 Å². The quantitative estimate of drug-likeness (QED) is 0.166. The number of hydrogen-bond donors (Lipinski definition) is 2. The number of benzene rings is 2. The Labute approximate surface area is 244 Å². The van der Waals surface area contributed by atoms with Crippen LogP contribution in [0.25, 0.3) is 16.6 Å². The standard InChI is InChI=1S/C30H28F3N5O5/c1-3-23(17(2)8-10-41-25-7-5-4-6-20(25)31)38-29(34)19(15-35-38)28(39)22-12-18-13-26(43-16-27(32)33)24(14-21(18)36-22)37-9-11-42-30(37)40/h3-8,12-15,27,36H,9-11,16,34H2,1-2H3/b17-8-,23-3+. The lowest BCUT2D eigenvalue weighted by atomic mass is 10.1. The first-order valence-corrected chi connectivity index (χ1v) is 13.3. The molecule has 0 saturated carbocycles. The molecule has 3 heterocycles. The number of hydrogen-bond acceptors (Lipinski definition) is 7. The highest BCUT2D eigenvalue weighted by molar-refractivity contribution is 6.13. The minimum Gasteiger partial charge on any atom is -0.486 e. The second-order valence-corrected chi connectivity index (χ2v) is 9.55. The molecule has 1 aliphatic heterocycles. The van der Waals surface area contributed by atoms with E-state index in [1.54, 1.807) is 37.3 Å². The van der Waals surface area contributed by atoms with E-state index in [0.717, 1.165) is 5.57 Å². The van der Waals surface area contributed by atoms with Gasteiger partial charge in [0, 0.05) is 10.9 Å². The van der Waals surface area contributed by atoms with Gasteiger partial charge >= 0.3 is 6.09 Å². The number of ether oxygens (including phenoxy) is 3. The fourth-order valence-corrected chi connectivity index (χ4v) is 4.67. The Morgan fingerprint density at radius 1 is 1.21 bits per heavy atom. The van der Waals surface area contributed by atoms with Gasteiger partial charge in [-0.3, -0.25) is 9.69 Å². The van der Waals surface area contributed by atoms with E-state index < -0.39 is 30.7 Å². The molecule has 0 bridgehead atoms. The third-order valence-corrected chi connectivity index (χ3v) is 6.78. The lowest BCUT2D eigenvalue weighted by Gasteiger charge is -2.18. The highest BCUT2D eigenvalue weighted by Crippen LogP contribution is 2.36. The summed E-state index contributed by atoms with van der Waals surface area (Å²) in [6.07, 6.45) is 1.49. The first-order chi connectivity index (χ1) is 20.7. The predicted octanol–water partition coefficient (Wildman–Crippen LogP) is 5.80. The number of nitrogen functional groups attached to an aromatic ring is 1. The maximum atomic E-state index is 13.9. The van der Waals surface area contributed by atoms with Crippen molar-refractivity contribution in [2.45, 2.75) is 20.3 Å². The van der Waals surface area contributed by atoms with Gasteiger partial charge in [-0.15, -0.1) is 0 Å². The molecule has 13 heteroatoms. The second kappa shape index (κ2) is 12.3. The van der Waals surface area contributed by atoms with Crippen LogP contribution in [0, 0.1) is 5.82 Å². The molecule has 0 spiro atoms. The predicted molar refractivity (Wildman–Crippen MR) is 154 cm³/mol. The molecule has 1 amide bonds. The Morgan fingerprint density at radius 2 is 2.00 bits per heavy atom. The van der Waals surface area contributed by atoms with E-state index in [1.165, 1.54) is 40.0 Å². The van der Waals surface area contributed by atoms with E-state index in [-0.39, 0.29) is 54.0 Å². The van der Waals surface area contributed by atoms with Gasteiger partial charge in [0.25, 0.3) is 6.43 Å². The Bertz CT molecular complexity index is 1740. The number of nitrogens with two attached hydrogens (primary N) is 1. The van der Waals surface area contributed by atoms with Gasteiger partial charge in [-0.2, -0.15) is 5.10 Å². The Hall–Kier alpha value is -5.20. The molecule has 2 aromatic carbocycles. The van der Waals surface area contributed by atoms with Gasteiger partial charge in [-0.25, -0.2) is 22.6 Å². The number of halogens is 3. The smallest absolute Gasteiger partial charge is 0.414 e. The SMILES string of the molecule is C/C=C(\C(C)=C/COc1ccccc1F)n1ncc(C(=O)c2cc3cc(OCC(F)F)c(N4CCOC4=O)cc3[nH]2)c1N. The number of anilines is 2. The number of carbonyl (C=O) groups excluding carboxylic acids is 2. The van der Waals surface area contributed by atoms with Gasteiger partial charge in [0.15, 0.2) is 11.6 Å². The molecule has 1 aliphatic rings. The number of nitrogens with zero attached hydrogens (tertiary/aromatic N) is 3. The Morgan fingerprint density at radius 3 is 2.70 bits per heavy atom. The summed E-state index contributed by atoms with van der Waals surface area (Å²) < 4.78 is 56.9. The van der Waals surface area contributed by atoms with Crippen LogP contribution >= 0.6 is 0 Å². The average Bonchev–Trinajstić information content (AvgIpc) is 3.70. The summed E-state index contributed by atoms with van der Waals surface area (Å²) in [5, 5.41) is 4.81.